The zero-order valence-corrected chi connectivity index (χ0v) is 15.9. The van der Waals surface area contributed by atoms with Crippen molar-refractivity contribution >= 4 is 10.4 Å². The van der Waals surface area contributed by atoms with Crippen LogP contribution < -0.4 is 4.18 Å². The second-order valence-electron chi connectivity index (χ2n) is 8.51. The van der Waals surface area contributed by atoms with E-state index in [0.29, 0.717) is 11.3 Å². The van der Waals surface area contributed by atoms with Crippen LogP contribution in [-0.2, 0) is 16.8 Å². The van der Waals surface area contributed by atoms with Gasteiger partial charge in [-0.2, -0.15) is 8.42 Å². The van der Waals surface area contributed by atoms with Gasteiger partial charge in [0.1, 0.15) is 5.75 Å². The van der Waals surface area contributed by atoms with Crippen molar-refractivity contribution in [2.45, 2.75) is 64.7 Å². The number of fused-ring (bicyclic) bond motifs is 5. The zero-order valence-electron chi connectivity index (χ0n) is 15.1. The Morgan fingerprint density at radius 2 is 2.04 bits per heavy atom. The third-order valence-corrected chi connectivity index (χ3v) is 7.99. The van der Waals surface area contributed by atoms with E-state index >= 15 is 0 Å². The minimum atomic E-state index is -4.46. The van der Waals surface area contributed by atoms with Crippen LogP contribution in [0.1, 0.15) is 69.4 Å². The summed E-state index contributed by atoms with van der Waals surface area (Å²) >= 11 is 0. The van der Waals surface area contributed by atoms with Crippen LogP contribution in [0.15, 0.2) is 18.2 Å². The summed E-state index contributed by atoms with van der Waals surface area (Å²) in [6.07, 6.45) is 8.76. The lowest BCUT2D eigenvalue weighted by molar-refractivity contribution is 0.0273. The van der Waals surface area contributed by atoms with Gasteiger partial charge in [0, 0.05) is 0 Å². The summed E-state index contributed by atoms with van der Waals surface area (Å²) in [6, 6.07) is 5.52. The fourth-order valence-electron chi connectivity index (χ4n) is 6.51. The fourth-order valence-corrected chi connectivity index (χ4v) is 6.86. The highest BCUT2D eigenvalue weighted by molar-refractivity contribution is 7.81. The van der Waals surface area contributed by atoms with E-state index in [9.17, 15) is 8.42 Å². The predicted octanol–water partition coefficient (Wildman–Crippen LogP) is 4.75. The Hall–Kier alpha value is -1.07. The van der Waals surface area contributed by atoms with Gasteiger partial charge in [0.25, 0.3) is 0 Å². The molecule has 0 radical (unpaired) electrons. The molecular weight excluding hydrogens is 336 g/mol. The van der Waals surface area contributed by atoms with E-state index in [-0.39, 0.29) is 5.75 Å². The number of rotatable bonds is 3. The molecule has 0 spiro atoms. The van der Waals surface area contributed by atoms with E-state index in [4.69, 9.17) is 4.55 Å². The molecule has 0 saturated heterocycles. The summed E-state index contributed by atoms with van der Waals surface area (Å²) in [6.45, 7) is 4.88. The molecular formula is C20H28O4S. The lowest BCUT2D eigenvalue weighted by Gasteiger charge is -2.51. The highest BCUT2D eigenvalue weighted by Gasteiger charge is 2.53. The third-order valence-electron chi connectivity index (χ3n) is 7.59. The number of hydrogen-bond acceptors (Lipinski definition) is 3. The van der Waals surface area contributed by atoms with Crippen molar-refractivity contribution in [3.8, 4) is 5.75 Å². The van der Waals surface area contributed by atoms with Gasteiger partial charge < -0.3 is 4.18 Å². The average molecular weight is 365 g/mol. The molecule has 2 fully saturated rings. The van der Waals surface area contributed by atoms with Gasteiger partial charge in [-0.1, -0.05) is 26.3 Å². The van der Waals surface area contributed by atoms with Crippen LogP contribution in [0.5, 0.6) is 5.75 Å². The Bertz CT molecular complexity index is 772. The highest BCUT2D eigenvalue weighted by Crippen LogP contribution is 2.63. The molecule has 1 aromatic carbocycles. The first-order valence-electron chi connectivity index (χ1n) is 9.61. The van der Waals surface area contributed by atoms with Crippen molar-refractivity contribution in [1.82, 2.24) is 0 Å². The Labute approximate surface area is 150 Å². The van der Waals surface area contributed by atoms with Gasteiger partial charge in [0.05, 0.1) is 0 Å². The molecule has 0 aromatic heterocycles. The molecule has 4 nitrogen and oxygen atoms in total. The van der Waals surface area contributed by atoms with Crippen molar-refractivity contribution in [2.24, 2.45) is 23.2 Å². The molecule has 0 aliphatic heterocycles. The van der Waals surface area contributed by atoms with E-state index in [1.165, 1.54) is 49.7 Å². The molecule has 0 heterocycles. The highest BCUT2D eigenvalue weighted by atomic mass is 32.3. The standard InChI is InChI=1S/C20H28O4S/c1-3-14-5-9-19-18-7-4-13-12-15(24-25(21,22)23)6-8-16(13)17(18)10-11-20(14,19)2/h6,8,12,14,17-19H,3-5,7,9-11H2,1-2H3,(H,21,22,23)/t14-,17+,18+,19-,20+/m0/s1. The van der Waals surface area contributed by atoms with Gasteiger partial charge in [0.2, 0.25) is 0 Å². The number of hydrogen-bond donors (Lipinski definition) is 1. The van der Waals surface area contributed by atoms with Gasteiger partial charge in [0.15, 0.2) is 0 Å². The Balaban J connectivity index is 1.62. The summed E-state index contributed by atoms with van der Waals surface area (Å²) in [7, 11) is -4.46. The monoisotopic (exact) mass is 364 g/mol. The van der Waals surface area contributed by atoms with Crippen LogP contribution in [0, 0.1) is 23.2 Å². The zero-order chi connectivity index (χ0) is 17.8. The van der Waals surface area contributed by atoms with E-state index in [2.05, 4.69) is 18.0 Å². The predicted molar refractivity (Wildman–Crippen MR) is 97.0 cm³/mol. The first-order valence-corrected chi connectivity index (χ1v) is 11.0. The van der Waals surface area contributed by atoms with Crippen LogP contribution in [-0.4, -0.2) is 13.0 Å². The maximum atomic E-state index is 10.9. The van der Waals surface area contributed by atoms with Crippen molar-refractivity contribution < 1.29 is 17.2 Å². The Kier molecular flexibility index (Phi) is 4.15. The second kappa shape index (κ2) is 5.98. The quantitative estimate of drug-likeness (QED) is 0.786. The van der Waals surface area contributed by atoms with Crippen molar-refractivity contribution in [2.75, 3.05) is 0 Å². The fraction of sp³-hybridized carbons (Fsp3) is 0.700. The molecule has 138 valence electrons. The Morgan fingerprint density at radius 3 is 2.76 bits per heavy atom. The van der Waals surface area contributed by atoms with Crippen molar-refractivity contribution in [3.63, 3.8) is 0 Å². The van der Waals surface area contributed by atoms with Gasteiger partial charge in [-0.05, 0) is 90.9 Å². The van der Waals surface area contributed by atoms with Gasteiger partial charge in [-0.3, -0.25) is 4.55 Å². The molecule has 3 aliphatic carbocycles. The van der Waals surface area contributed by atoms with Crippen molar-refractivity contribution in [1.29, 1.82) is 0 Å². The largest absolute Gasteiger partial charge is 0.446 e. The van der Waals surface area contributed by atoms with Crippen molar-refractivity contribution in [3.05, 3.63) is 29.3 Å². The first kappa shape index (κ1) is 17.3. The van der Waals surface area contributed by atoms with E-state index < -0.39 is 10.4 Å². The lowest BCUT2D eigenvalue weighted by atomic mass is 9.54. The summed E-state index contributed by atoms with van der Waals surface area (Å²) in [5, 5.41) is 0. The van der Waals surface area contributed by atoms with E-state index in [1.54, 1.807) is 12.1 Å². The molecule has 3 aliphatic rings. The molecule has 25 heavy (non-hydrogen) atoms. The van der Waals surface area contributed by atoms with Crippen LogP contribution in [0.3, 0.4) is 0 Å². The first-order chi connectivity index (χ1) is 11.8. The number of aryl methyl sites for hydroxylation is 1. The molecule has 1 aromatic rings. The van der Waals surface area contributed by atoms with Crippen LogP contribution in [0.4, 0.5) is 0 Å². The minimum absolute atomic E-state index is 0.215. The Morgan fingerprint density at radius 1 is 1.24 bits per heavy atom. The minimum Gasteiger partial charge on any atom is -0.362 e. The maximum absolute atomic E-state index is 10.9. The molecule has 0 bridgehead atoms. The normalized spacial score (nSPS) is 37.1. The topological polar surface area (TPSA) is 63.6 Å². The summed E-state index contributed by atoms with van der Waals surface area (Å²) in [5.74, 6) is 3.28. The van der Waals surface area contributed by atoms with Crippen LogP contribution >= 0.6 is 0 Å². The average Bonchev–Trinajstić information content (AvgIpc) is 2.89. The van der Waals surface area contributed by atoms with Gasteiger partial charge in [-0.15, -0.1) is 0 Å². The lowest BCUT2D eigenvalue weighted by Crippen LogP contribution is -2.42. The summed E-state index contributed by atoms with van der Waals surface area (Å²) in [4.78, 5) is 0. The summed E-state index contributed by atoms with van der Waals surface area (Å²) in [5.41, 5.74) is 3.08. The molecule has 1 N–H and O–H groups in total. The van der Waals surface area contributed by atoms with Gasteiger partial charge in [-0.25, -0.2) is 0 Å². The number of benzene rings is 1. The molecule has 0 unspecified atom stereocenters. The molecule has 0 amide bonds. The molecule has 2 saturated carbocycles. The van der Waals surface area contributed by atoms with E-state index in [1.807, 2.05) is 6.07 Å². The molecule has 5 atom stereocenters. The molecule has 4 rings (SSSR count). The summed E-state index contributed by atoms with van der Waals surface area (Å²) < 4.78 is 35.4. The second-order valence-corrected chi connectivity index (χ2v) is 9.54. The van der Waals surface area contributed by atoms with Crippen LogP contribution in [0.25, 0.3) is 0 Å². The third kappa shape index (κ3) is 2.89. The van der Waals surface area contributed by atoms with Crippen LogP contribution in [0.2, 0.25) is 0 Å². The van der Waals surface area contributed by atoms with E-state index in [0.717, 1.165) is 24.2 Å². The molecule has 5 heteroatoms. The SMILES string of the molecule is CC[C@H]1CC[C@H]2[C@@H]3CCc4cc(OS(=O)(=O)O)ccc4[C@H]3CC[C@]12C. The van der Waals surface area contributed by atoms with Gasteiger partial charge >= 0.3 is 10.4 Å². The maximum Gasteiger partial charge on any atom is 0.446 e. The smallest absolute Gasteiger partial charge is 0.362 e.